The molecule has 3 aromatic carbocycles. The number of hydrogen-bond acceptors (Lipinski definition) is 8. The van der Waals surface area contributed by atoms with Crippen LogP contribution in [0.25, 0.3) is 0 Å². The Balaban J connectivity index is 1.17. The molecule has 0 bridgehead atoms. The van der Waals surface area contributed by atoms with E-state index in [1.54, 1.807) is 12.1 Å². The summed E-state index contributed by atoms with van der Waals surface area (Å²) in [5, 5.41) is 15.4. The van der Waals surface area contributed by atoms with E-state index in [0.717, 1.165) is 28.2 Å². The minimum Gasteiger partial charge on any atom is -0.490 e. The zero-order valence-corrected chi connectivity index (χ0v) is 21.8. The zero-order chi connectivity index (χ0) is 26.7. The third-order valence-electron chi connectivity index (χ3n) is 5.31. The quantitative estimate of drug-likeness (QED) is 0.167. The maximum absolute atomic E-state index is 12.4. The Hall–Kier alpha value is -4.57. The lowest BCUT2D eigenvalue weighted by Crippen LogP contribution is -2.19. The van der Waals surface area contributed by atoms with E-state index in [4.69, 9.17) is 9.47 Å². The molecule has 10 heteroatoms. The summed E-state index contributed by atoms with van der Waals surface area (Å²) in [6, 6.07) is 22.4. The average Bonchev–Trinajstić information content (AvgIpc) is 3.35. The van der Waals surface area contributed by atoms with Crippen LogP contribution in [0.3, 0.4) is 0 Å². The van der Waals surface area contributed by atoms with Crippen LogP contribution < -0.4 is 20.2 Å². The van der Waals surface area contributed by atoms with Gasteiger partial charge in [-0.1, -0.05) is 47.2 Å². The molecule has 2 amide bonds. The Morgan fingerprint density at radius 1 is 0.895 bits per heavy atom. The van der Waals surface area contributed by atoms with Crippen LogP contribution in [-0.4, -0.2) is 41.4 Å². The lowest BCUT2D eigenvalue weighted by atomic mass is 10.1. The minimum atomic E-state index is -0.345. The first-order valence-corrected chi connectivity index (χ1v) is 12.7. The topological polar surface area (TPSA) is 115 Å². The van der Waals surface area contributed by atoms with E-state index in [1.807, 2.05) is 74.5 Å². The van der Waals surface area contributed by atoms with Gasteiger partial charge < -0.3 is 9.47 Å². The van der Waals surface area contributed by atoms with E-state index in [0.29, 0.717) is 34.7 Å². The average molecular weight is 530 g/mol. The summed E-state index contributed by atoms with van der Waals surface area (Å²) in [7, 11) is 0. The van der Waals surface area contributed by atoms with E-state index in [-0.39, 0.29) is 18.2 Å². The molecule has 38 heavy (non-hydrogen) atoms. The maximum atomic E-state index is 12.4. The van der Waals surface area contributed by atoms with Gasteiger partial charge in [0.2, 0.25) is 11.0 Å². The Bertz CT molecular complexity index is 1400. The molecule has 0 unspecified atom stereocenters. The standard InChI is InChI=1S/C28H27N5O4S/c1-19-7-11-22(12-8-19)36-15-16-37-23-13-9-21(10-14-23)18-29-31-25(34)17-26-32-33-28(38-26)30-27(35)24-6-4-3-5-20(24)2/h3-14,18H,15-17H2,1-2H3,(H,31,34)(H,30,33,35). The fraction of sp³-hybridized carbons (Fsp3) is 0.179. The van der Waals surface area contributed by atoms with Crippen LogP contribution in [0.5, 0.6) is 11.5 Å². The van der Waals surface area contributed by atoms with E-state index >= 15 is 0 Å². The molecular weight excluding hydrogens is 502 g/mol. The molecule has 0 saturated carbocycles. The van der Waals surface area contributed by atoms with Crippen molar-refractivity contribution < 1.29 is 19.1 Å². The molecule has 0 fully saturated rings. The van der Waals surface area contributed by atoms with E-state index in [9.17, 15) is 9.59 Å². The molecule has 9 nitrogen and oxygen atoms in total. The minimum absolute atomic E-state index is 0.00726. The van der Waals surface area contributed by atoms with Crippen LogP contribution in [0.1, 0.15) is 32.1 Å². The normalized spacial score (nSPS) is 10.8. The number of rotatable bonds is 11. The van der Waals surface area contributed by atoms with Crippen LogP contribution in [-0.2, 0) is 11.2 Å². The third-order valence-corrected chi connectivity index (χ3v) is 6.15. The summed E-state index contributed by atoms with van der Waals surface area (Å²) >= 11 is 1.14. The van der Waals surface area contributed by atoms with Crippen molar-refractivity contribution in [2.45, 2.75) is 20.3 Å². The SMILES string of the molecule is Cc1ccc(OCCOc2ccc(C=NNC(=O)Cc3nnc(NC(=O)c4ccccc4C)s3)cc2)cc1. The van der Waals surface area contributed by atoms with Crippen molar-refractivity contribution in [1.29, 1.82) is 0 Å². The first kappa shape index (κ1) is 26.5. The third kappa shape index (κ3) is 7.97. The van der Waals surface area contributed by atoms with Gasteiger partial charge in [0, 0.05) is 5.56 Å². The second-order valence-corrected chi connectivity index (χ2v) is 9.38. The number of benzene rings is 3. The molecule has 194 valence electrons. The van der Waals surface area contributed by atoms with Gasteiger partial charge in [-0.3, -0.25) is 14.9 Å². The molecule has 2 N–H and O–H groups in total. The van der Waals surface area contributed by atoms with Crippen molar-refractivity contribution in [3.8, 4) is 11.5 Å². The predicted octanol–water partition coefficient (Wildman–Crippen LogP) is 4.56. The van der Waals surface area contributed by atoms with Gasteiger partial charge in [-0.15, -0.1) is 10.2 Å². The number of ether oxygens (including phenoxy) is 2. The molecule has 0 spiro atoms. The van der Waals surface area contributed by atoms with Gasteiger partial charge in [0.1, 0.15) is 29.7 Å². The molecular formula is C28H27N5O4S. The summed E-state index contributed by atoms with van der Waals surface area (Å²) in [5.41, 5.74) is 5.87. The lowest BCUT2D eigenvalue weighted by Gasteiger charge is -2.08. The van der Waals surface area contributed by atoms with Crippen molar-refractivity contribution >= 4 is 34.5 Å². The Labute approximate surface area is 224 Å². The fourth-order valence-corrected chi connectivity index (χ4v) is 4.06. The molecule has 4 aromatic rings. The summed E-state index contributed by atoms with van der Waals surface area (Å²) < 4.78 is 11.3. The molecule has 1 aromatic heterocycles. The number of hydrazone groups is 1. The number of carbonyl (C=O) groups is 2. The van der Waals surface area contributed by atoms with Gasteiger partial charge in [0.25, 0.3) is 5.91 Å². The Kier molecular flexibility index (Phi) is 9.14. The number of amides is 2. The number of aromatic nitrogens is 2. The molecule has 0 saturated heterocycles. The molecule has 1 heterocycles. The fourth-order valence-electron chi connectivity index (χ4n) is 3.33. The number of aryl methyl sites for hydroxylation is 2. The zero-order valence-electron chi connectivity index (χ0n) is 21.0. The van der Waals surface area contributed by atoms with Crippen molar-refractivity contribution in [2.75, 3.05) is 18.5 Å². The highest BCUT2D eigenvalue weighted by atomic mass is 32.1. The number of carbonyl (C=O) groups excluding carboxylic acids is 2. The second kappa shape index (κ2) is 13.1. The first-order valence-electron chi connectivity index (χ1n) is 11.9. The summed E-state index contributed by atoms with van der Waals surface area (Å²) in [5.74, 6) is 0.902. The number of nitrogens with one attached hydrogen (secondary N) is 2. The summed E-state index contributed by atoms with van der Waals surface area (Å²) in [6.07, 6.45) is 1.53. The van der Waals surface area contributed by atoms with Crippen LogP contribution >= 0.6 is 11.3 Å². The van der Waals surface area contributed by atoms with Crippen molar-refractivity contribution in [3.63, 3.8) is 0 Å². The summed E-state index contributed by atoms with van der Waals surface area (Å²) in [4.78, 5) is 24.6. The Morgan fingerprint density at radius 2 is 1.55 bits per heavy atom. The van der Waals surface area contributed by atoms with Gasteiger partial charge in [-0.2, -0.15) is 5.10 Å². The van der Waals surface area contributed by atoms with Gasteiger partial charge >= 0.3 is 0 Å². The molecule has 0 radical (unpaired) electrons. The molecule has 0 atom stereocenters. The van der Waals surface area contributed by atoms with Crippen LogP contribution in [0.4, 0.5) is 5.13 Å². The lowest BCUT2D eigenvalue weighted by molar-refractivity contribution is -0.120. The summed E-state index contributed by atoms with van der Waals surface area (Å²) in [6.45, 7) is 4.74. The maximum Gasteiger partial charge on any atom is 0.257 e. The molecule has 4 rings (SSSR count). The Morgan fingerprint density at radius 3 is 2.24 bits per heavy atom. The molecule has 0 aliphatic carbocycles. The van der Waals surface area contributed by atoms with Crippen LogP contribution in [0.2, 0.25) is 0 Å². The van der Waals surface area contributed by atoms with E-state index < -0.39 is 0 Å². The van der Waals surface area contributed by atoms with Gasteiger partial charge in [0.15, 0.2) is 0 Å². The number of anilines is 1. The van der Waals surface area contributed by atoms with Crippen LogP contribution in [0, 0.1) is 13.8 Å². The smallest absolute Gasteiger partial charge is 0.257 e. The highest BCUT2D eigenvalue weighted by molar-refractivity contribution is 7.15. The largest absolute Gasteiger partial charge is 0.490 e. The van der Waals surface area contributed by atoms with Crippen LogP contribution in [0.15, 0.2) is 77.9 Å². The van der Waals surface area contributed by atoms with Crippen molar-refractivity contribution in [3.05, 3.63) is 100 Å². The van der Waals surface area contributed by atoms with E-state index in [1.165, 1.54) is 11.8 Å². The van der Waals surface area contributed by atoms with Gasteiger partial charge in [-0.05, 0) is 67.4 Å². The highest BCUT2D eigenvalue weighted by Crippen LogP contribution is 2.18. The number of hydrogen-bond donors (Lipinski definition) is 2. The molecule has 0 aliphatic rings. The first-order chi connectivity index (χ1) is 18.5. The van der Waals surface area contributed by atoms with Crippen molar-refractivity contribution in [1.82, 2.24) is 15.6 Å². The second-order valence-electron chi connectivity index (χ2n) is 8.32. The molecule has 0 aliphatic heterocycles. The monoisotopic (exact) mass is 529 g/mol. The predicted molar refractivity (Wildman–Crippen MR) is 147 cm³/mol. The van der Waals surface area contributed by atoms with Gasteiger partial charge in [0.05, 0.1) is 12.6 Å². The van der Waals surface area contributed by atoms with Gasteiger partial charge in [-0.25, -0.2) is 5.43 Å². The van der Waals surface area contributed by atoms with E-state index in [2.05, 4.69) is 26.0 Å². The number of nitrogens with zero attached hydrogens (tertiary/aromatic N) is 3. The highest BCUT2D eigenvalue weighted by Gasteiger charge is 2.13. The van der Waals surface area contributed by atoms with Crippen molar-refractivity contribution in [2.24, 2.45) is 5.10 Å².